The summed E-state index contributed by atoms with van der Waals surface area (Å²) in [5.74, 6) is 0.0921. The van der Waals surface area contributed by atoms with Crippen LogP contribution < -0.4 is 9.47 Å². The maximum Gasteiger partial charge on any atom is 0.514 e. The lowest BCUT2D eigenvalue weighted by Crippen LogP contribution is -2.27. The number of rotatable bonds is 5. The van der Waals surface area contributed by atoms with E-state index in [-0.39, 0.29) is 11.5 Å². The van der Waals surface area contributed by atoms with E-state index in [0.29, 0.717) is 33.0 Å². The molecule has 40 heavy (non-hydrogen) atoms. The SMILES string of the molecule is CC(C)(C)OC(=O)Oc1c(CO)cc2ccccc2c1-c1c(OC(=O)OC(C)(C)C)c(CO)cc2ccccc12. The molecule has 0 unspecified atom stereocenters. The van der Waals surface area contributed by atoms with Crippen molar-refractivity contribution in [3.63, 3.8) is 0 Å². The van der Waals surface area contributed by atoms with Crippen molar-refractivity contribution < 1.29 is 38.7 Å². The van der Waals surface area contributed by atoms with Gasteiger partial charge in [0.2, 0.25) is 0 Å². The van der Waals surface area contributed by atoms with Crippen LogP contribution in [0.1, 0.15) is 52.7 Å². The zero-order valence-corrected chi connectivity index (χ0v) is 23.5. The number of benzene rings is 4. The third kappa shape index (κ3) is 6.35. The average molecular weight is 547 g/mol. The molecule has 210 valence electrons. The zero-order chi connectivity index (χ0) is 29.2. The molecule has 0 atom stereocenters. The van der Waals surface area contributed by atoms with Gasteiger partial charge in [0, 0.05) is 22.3 Å². The molecular formula is C32H34O8. The Morgan fingerprint density at radius 2 is 0.975 bits per heavy atom. The average Bonchev–Trinajstić information content (AvgIpc) is 2.86. The van der Waals surface area contributed by atoms with Crippen LogP contribution in [0.4, 0.5) is 9.59 Å². The fourth-order valence-electron chi connectivity index (χ4n) is 4.45. The Kier molecular flexibility index (Phi) is 8.05. The summed E-state index contributed by atoms with van der Waals surface area (Å²) >= 11 is 0. The number of carbonyl (C=O) groups is 2. The summed E-state index contributed by atoms with van der Waals surface area (Å²) in [6, 6.07) is 18.2. The normalized spacial score (nSPS) is 11.9. The van der Waals surface area contributed by atoms with Gasteiger partial charge in [-0.1, -0.05) is 48.5 Å². The summed E-state index contributed by atoms with van der Waals surface area (Å²) in [6.45, 7) is 9.40. The largest absolute Gasteiger partial charge is 0.514 e. The van der Waals surface area contributed by atoms with E-state index < -0.39 is 36.7 Å². The van der Waals surface area contributed by atoms with E-state index in [1.54, 1.807) is 53.7 Å². The standard InChI is InChI=1S/C32H34O8/c1-31(2,3)39-29(35)37-27-21(17-33)15-19-11-7-9-13-23(19)25(27)26-24-14-10-8-12-20(24)16-22(18-34)28(26)38-30(36)40-32(4,5)6/h7-16,33-34H,17-18H2,1-6H3. The summed E-state index contributed by atoms with van der Waals surface area (Å²) in [5, 5.41) is 23.6. The van der Waals surface area contributed by atoms with Gasteiger partial charge in [0.15, 0.2) is 0 Å². The fourth-order valence-corrected chi connectivity index (χ4v) is 4.45. The van der Waals surface area contributed by atoms with Gasteiger partial charge in [0.1, 0.15) is 22.7 Å². The Hall–Kier alpha value is -4.14. The molecular weight excluding hydrogens is 512 g/mol. The van der Waals surface area contributed by atoms with Crippen molar-refractivity contribution in [3.05, 3.63) is 71.8 Å². The van der Waals surface area contributed by atoms with Gasteiger partial charge >= 0.3 is 12.3 Å². The van der Waals surface area contributed by atoms with Crippen LogP contribution in [0.25, 0.3) is 32.7 Å². The molecule has 0 saturated carbocycles. The highest BCUT2D eigenvalue weighted by Gasteiger charge is 2.29. The van der Waals surface area contributed by atoms with Crippen LogP contribution in [-0.4, -0.2) is 33.7 Å². The molecule has 4 aromatic rings. The summed E-state index contributed by atoms with van der Waals surface area (Å²) in [4.78, 5) is 25.9. The summed E-state index contributed by atoms with van der Waals surface area (Å²) < 4.78 is 22.5. The van der Waals surface area contributed by atoms with E-state index in [1.807, 2.05) is 48.5 Å². The molecule has 2 N–H and O–H groups in total. The van der Waals surface area contributed by atoms with Crippen molar-refractivity contribution in [2.45, 2.75) is 66.0 Å². The number of fused-ring (bicyclic) bond motifs is 2. The van der Waals surface area contributed by atoms with Crippen molar-refractivity contribution in [1.82, 2.24) is 0 Å². The second kappa shape index (κ2) is 11.2. The third-order valence-electron chi connectivity index (χ3n) is 5.90. The molecule has 8 nitrogen and oxygen atoms in total. The molecule has 0 fully saturated rings. The van der Waals surface area contributed by atoms with E-state index in [1.165, 1.54) is 0 Å². The first-order valence-corrected chi connectivity index (χ1v) is 12.9. The van der Waals surface area contributed by atoms with Crippen LogP contribution in [0.5, 0.6) is 11.5 Å². The number of hydrogen-bond donors (Lipinski definition) is 2. The summed E-state index contributed by atoms with van der Waals surface area (Å²) in [6.07, 6.45) is -1.92. The Balaban J connectivity index is 2.11. The number of ether oxygens (including phenoxy) is 4. The summed E-state index contributed by atoms with van der Waals surface area (Å²) in [5.41, 5.74) is -0.247. The molecule has 0 aliphatic rings. The van der Waals surface area contributed by atoms with Crippen LogP contribution in [0, 0.1) is 0 Å². The quantitative estimate of drug-likeness (QED) is 0.199. The van der Waals surface area contributed by atoms with Crippen LogP contribution >= 0.6 is 0 Å². The van der Waals surface area contributed by atoms with Crippen molar-refractivity contribution >= 4 is 33.9 Å². The van der Waals surface area contributed by atoms with E-state index in [9.17, 15) is 19.8 Å². The van der Waals surface area contributed by atoms with Crippen molar-refractivity contribution in [1.29, 1.82) is 0 Å². The van der Waals surface area contributed by atoms with Gasteiger partial charge in [-0.05, 0) is 75.2 Å². The van der Waals surface area contributed by atoms with Gasteiger partial charge in [-0.3, -0.25) is 0 Å². The van der Waals surface area contributed by atoms with Crippen LogP contribution in [-0.2, 0) is 22.7 Å². The molecule has 0 aromatic heterocycles. The Bertz CT molecular complexity index is 1460. The lowest BCUT2D eigenvalue weighted by molar-refractivity contribution is 0.0186. The van der Waals surface area contributed by atoms with E-state index in [2.05, 4.69) is 0 Å². The first-order valence-electron chi connectivity index (χ1n) is 12.9. The van der Waals surface area contributed by atoms with Gasteiger partial charge in [-0.2, -0.15) is 0 Å². The van der Waals surface area contributed by atoms with Crippen molar-refractivity contribution in [2.24, 2.45) is 0 Å². The molecule has 0 bridgehead atoms. The third-order valence-corrected chi connectivity index (χ3v) is 5.90. The highest BCUT2D eigenvalue weighted by Crippen LogP contribution is 2.49. The van der Waals surface area contributed by atoms with Crippen molar-refractivity contribution in [3.8, 4) is 22.6 Å². The van der Waals surface area contributed by atoms with E-state index in [0.717, 1.165) is 10.8 Å². The van der Waals surface area contributed by atoms with E-state index >= 15 is 0 Å². The lowest BCUT2D eigenvalue weighted by Gasteiger charge is -2.24. The molecule has 4 rings (SSSR count). The van der Waals surface area contributed by atoms with Crippen LogP contribution in [0.15, 0.2) is 60.7 Å². The molecule has 0 saturated heterocycles. The van der Waals surface area contributed by atoms with Gasteiger partial charge < -0.3 is 29.2 Å². The van der Waals surface area contributed by atoms with E-state index in [4.69, 9.17) is 18.9 Å². The molecule has 8 heteroatoms. The van der Waals surface area contributed by atoms with Crippen molar-refractivity contribution in [2.75, 3.05) is 0 Å². The monoisotopic (exact) mass is 546 g/mol. The Labute approximate surface area is 233 Å². The fraction of sp³-hybridized carbons (Fsp3) is 0.312. The second-order valence-corrected chi connectivity index (χ2v) is 11.4. The molecule has 0 aliphatic carbocycles. The predicted molar refractivity (Wildman–Crippen MR) is 152 cm³/mol. The predicted octanol–water partition coefficient (Wildman–Crippen LogP) is 7.27. The van der Waals surface area contributed by atoms with Gasteiger partial charge in [-0.15, -0.1) is 0 Å². The maximum absolute atomic E-state index is 13.0. The smallest absolute Gasteiger partial charge is 0.428 e. The van der Waals surface area contributed by atoms with Gasteiger partial charge in [0.25, 0.3) is 0 Å². The second-order valence-electron chi connectivity index (χ2n) is 11.4. The highest BCUT2D eigenvalue weighted by atomic mass is 16.7. The van der Waals surface area contributed by atoms with Crippen LogP contribution in [0.2, 0.25) is 0 Å². The number of aliphatic hydroxyl groups excluding tert-OH is 2. The minimum atomic E-state index is -0.962. The highest BCUT2D eigenvalue weighted by molar-refractivity contribution is 6.11. The minimum absolute atomic E-state index is 0.0460. The number of aliphatic hydroxyl groups is 2. The maximum atomic E-state index is 13.0. The molecule has 0 radical (unpaired) electrons. The van der Waals surface area contributed by atoms with Gasteiger partial charge in [-0.25, -0.2) is 9.59 Å². The lowest BCUT2D eigenvalue weighted by atomic mass is 9.89. The summed E-state index contributed by atoms with van der Waals surface area (Å²) in [7, 11) is 0. The Morgan fingerprint density at radius 1 is 0.625 bits per heavy atom. The molecule has 0 aliphatic heterocycles. The number of hydrogen-bond acceptors (Lipinski definition) is 8. The Morgan fingerprint density at radius 3 is 1.30 bits per heavy atom. The zero-order valence-electron chi connectivity index (χ0n) is 23.5. The first-order chi connectivity index (χ1) is 18.8. The molecule has 0 spiro atoms. The van der Waals surface area contributed by atoms with Crippen LogP contribution in [0.3, 0.4) is 0 Å². The topological polar surface area (TPSA) is 112 Å². The molecule has 0 heterocycles. The van der Waals surface area contributed by atoms with Gasteiger partial charge in [0.05, 0.1) is 13.2 Å². The molecule has 4 aromatic carbocycles. The first kappa shape index (κ1) is 28.9. The molecule has 0 amide bonds. The number of carbonyl (C=O) groups excluding carboxylic acids is 2. The minimum Gasteiger partial charge on any atom is -0.428 e.